The molecular formula is C10H14BrN3. The number of nitrogens with one attached hydrogen (secondary N) is 2. The van der Waals surface area contributed by atoms with Gasteiger partial charge in [0, 0.05) is 0 Å². The molecule has 1 aromatic heterocycles. The molecule has 1 aromatic rings. The molecule has 0 amide bonds. The Labute approximate surface area is 92.4 Å². The molecule has 76 valence electrons. The summed E-state index contributed by atoms with van der Waals surface area (Å²) in [5.41, 5.74) is 0.855. The van der Waals surface area contributed by atoms with E-state index in [1.54, 1.807) is 0 Å². The van der Waals surface area contributed by atoms with Gasteiger partial charge in [-0.05, 0) is 54.5 Å². The summed E-state index contributed by atoms with van der Waals surface area (Å²) in [6, 6.07) is 5.99. The van der Waals surface area contributed by atoms with E-state index in [1.807, 2.05) is 18.2 Å². The lowest BCUT2D eigenvalue weighted by atomic mass is 10.1. The normalized spacial score (nSPS) is 20.7. The predicted molar refractivity (Wildman–Crippen MR) is 59.9 cm³/mol. The Morgan fingerprint density at radius 2 is 2.07 bits per heavy atom. The van der Waals surface area contributed by atoms with Crippen molar-refractivity contribution in [2.75, 3.05) is 13.1 Å². The van der Waals surface area contributed by atoms with Gasteiger partial charge in [0.2, 0.25) is 0 Å². The second-order valence-electron chi connectivity index (χ2n) is 3.68. The van der Waals surface area contributed by atoms with Crippen molar-refractivity contribution in [1.82, 2.24) is 15.6 Å². The lowest BCUT2D eigenvalue weighted by molar-refractivity contribution is 0.241. The highest BCUT2D eigenvalue weighted by molar-refractivity contribution is 9.10. The molecule has 0 bridgehead atoms. The Bertz CT molecular complexity index is 321. The summed E-state index contributed by atoms with van der Waals surface area (Å²) in [6.45, 7) is 4.20. The summed E-state index contributed by atoms with van der Waals surface area (Å²) < 4.78 is 0.880. The zero-order chi connectivity index (χ0) is 10.0. The SMILES string of the molecule is CC1(c2cccc(Br)n2)NCCCN1. The van der Waals surface area contributed by atoms with Crippen LogP contribution in [0.5, 0.6) is 0 Å². The third-order valence-electron chi connectivity index (χ3n) is 2.54. The van der Waals surface area contributed by atoms with Gasteiger partial charge in [0.05, 0.1) is 5.69 Å². The second kappa shape index (κ2) is 3.96. The largest absolute Gasteiger partial charge is 0.294 e. The Balaban J connectivity index is 2.28. The highest BCUT2D eigenvalue weighted by atomic mass is 79.9. The van der Waals surface area contributed by atoms with Crippen LogP contribution in [0.25, 0.3) is 0 Å². The van der Waals surface area contributed by atoms with Crippen LogP contribution in [0.15, 0.2) is 22.8 Å². The first-order valence-electron chi connectivity index (χ1n) is 4.84. The molecule has 1 saturated heterocycles. The Kier molecular flexibility index (Phi) is 2.85. The fourth-order valence-corrected chi connectivity index (χ4v) is 2.04. The van der Waals surface area contributed by atoms with Crippen molar-refractivity contribution in [3.63, 3.8) is 0 Å². The molecule has 0 atom stereocenters. The van der Waals surface area contributed by atoms with Gasteiger partial charge in [-0.3, -0.25) is 10.6 Å². The predicted octanol–water partition coefficient (Wildman–Crippen LogP) is 1.60. The van der Waals surface area contributed by atoms with E-state index in [2.05, 4.69) is 38.5 Å². The smallest absolute Gasteiger partial charge is 0.109 e. The zero-order valence-corrected chi connectivity index (χ0v) is 9.76. The van der Waals surface area contributed by atoms with Crippen LogP contribution in [0.3, 0.4) is 0 Å². The number of rotatable bonds is 1. The number of nitrogens with zero attached hydrogens (tertiary/aromatic N) is 1. The number of pyridine rings is 1. The molecule has 0 saturated carbocycles. The number of aromatic nitrogens is 1. The van der Waals surface area contributed by atoms with E-state index >= 15 is 0 Å². The van der Waals surface area contributed by atoms with Crippen LogP contribution in [-0.4, -0.2) is 18.1 Å². The summed E-state index contributed by atoms with van der Waals surface area (Å²) in [6.07, 6.45) is 1.17. The van der Waals surface area contributed by atoms with E-state index in [0.29, 0.717) is 0 Å². The molecule has 4 heteroatoms. The molecular weight excluding hydrogens is 242 g/mol. The average molecular weight is 256 g/mol. The molecule has 0 radical (unpaired) electrons. The van der Waals surface area contributed by atoms with E-state index < -0.39 is 0 Å². The topological polar surface area (TPSA) is 37.0 Å². The van der Waals surface area contributed by atoms with Crippen molar-refractivity contribution >= 4 is 15.9 Å². The number of hydrogen-bond donors (Lipinski definition) is 2. The minimum atomic E-state index is -0.179. The quantitative estimate of drug-likeness (QED) is 0.749. The van der Waals surface area contributed by atoms with Crippen LogP contribution in [0, 0.1) is 0 Å². The Morgan fingerprint density at radius 1 is 1.36 bits per heavy atom. The molecule has 14 heavy (non-hydrogen) atoms. The van der Waals surface area contributed by atoms with Gasteiger partial charge in [0.15, 0.2) is 0 Å². The molecule has 2 rings (SSSR count). The van der Waals surface area contributed by atoms with E-state index in [0.717, 1.165) is 23.4 Å². The summed E-state index contributed by atoms with van der Waals surface area (Å²) in [4.78, 5) is 4.46. The minimum Gasteiger partial charge on any atom is -0.294 e. The molecule has 0 unspecified atom stereocenters. The Hall–Kier alpha value is -0.450. The number of halogens is 1. The van der Waals surface area contributed by atoms with Gasteiger partial charge in [0.25, 0.3) is 0 Å². The molecule has 1 fully saturated rings. The van der Waals surface area contributed by atoms with Crippen molar-refractivity contribution in [2.45, 2.75) is 19.0 Å². The first-order valence-corrected chi connectivity index (χ1v) is 5.63. The molecule has 3 nitrogen and oxygen atoms in total. The first-order chi connectivity index (χ1) is 6.71. The number of hydrogen-bond acceptors (Lipinski definition) is 3. The van der Waals surface area contributed by atoms with Crippen molar-refractivity contribution < 1.29 is 0 Å². The maximum atomic E-state index is 4.46. The maximum Gasteiger partial charge on any atom is 0.109 e. The molecule has 0 aromatic carbocycles. The Morgan fingerprint density at radius 3 is 2.71 bits per heavy atom. The van der Waals surface area contributed by atoms with Gasteiger partial charge in [-0.25, -0.2) is 4.98 Å². The second-order valence-corrected chi connectivity index (χ2v) is 4.49. The zero-order valence-electron chi connectivity index (χ0n) is 8.18. The summed E-state index contributed by atoms with van der Waals surface area (Å²) in [5.74, 6) is 0. The minimum absolute atomic E-state index is 0.179. The average Bonchev–Trinajstić information content (AvgIpc) is 2.19. The van der Waals surface area contributed by atoms with Crippen LogP contribution >= 0.6 is 15.9 Å². The highest BCUT2D eigenvalue weighted by Crippen LogP contribution is 2.19. The van der Waals surface area contributed by atoms with E-state index in [1.165, 1.54) is 6.42 Å². The molecule has 0 spiro atoms. The lowest BCUT2D eigenvalue weighted by Crippen LogP contribution is -2.56. The summed E-state index contributed by atoms with van der Waals surface area (Å²) >= 11 is 3.39. The van der Waals surface area contributed by atoms with Gasteiger partial charge >= 0.3 is 0 Å². The van der Waals surface area contributed by atoms with Crippen LogP contribution in [-0.2, 0) is 5.66 Å². The van der Waals surface area contributed by atoms with E-state index in [9.17, 15) is 0 Å². The van der Waals surface area contributed by atoms with Crippen LogP contribution in [0.1, 0.15) is 19.0 Å². The molecule has 2 N–H and O–H groups in total. The fourth-order valence-electron chi connectivity index (χ4n) is 1.70. The lowest BCUT2D eigenvalue weighted by Gasteiger charge is -2.35. The molecule has 1 aliphatic heterocycles. The maximum absolute atomic E-state index is 4.46. The van der Waals surface area contributed by atoms with Gasteiger partial charge in [0.1, 0.15) is 10.3 Å². The van der Waals surface area contributed by atoms with Gasteiger partial charge in [-0.2, -0.15) is 0 Å². The van der Waals surface area contributed by atoms with Crippen LogP contribution in [0.2, 0.25) is 0 Å². The fraction of sp³-hybridized carbons (Fsp3) is 0.500. The third kappa shape index (κ3) is 1.97. The molecule has 2 heterocycles. The molecule has 1 aliphatic rings. The standard InChI is InChI=1S/C10H14BrN3/c1-10(12-6-3-7-13-10)8-4-2-5-9(11)14-8/h2,4-5,12-13H,3,6-7H2,1H3. The van der Waals surface area contributed by atoms with Crippen molar-refractivity contribution in [1.29, 1.82) is 0 Å². The van der Waals surface area contributed by atoms with Crippen molar-refractivity contribution in [3.05, 3.63) is 28.5 Å². The van der Waals surface area contributed by atoms with E-state index in [-0.39, 0.29) is 5.66 Å². The summed E-state index contributed by atoms with van der Waals surface area (Å²) in [5, 5.41) is 6.89. The first kappa shape index (κ1) is 10.1. The van der Waals surface area contributed by atoms with Crippen molar-refractivity contribution in [3.8, 4) is 0 Å². The third-order valence-corrected chi connectivity index (χ3v) is 2.98. The van der Waals surface area contributed by atoms with Gasteiger partial charge in [-0.15, -0.1) is 0 Å². The van der Waals surface area contributed by atoms with Crippen molar-refractivity contribution in [2.24, 2.45) is 0 Å². The summed E-state index contributed by atoms with van der Waals surface area (Å²) in [7, 11) is 0. The van der Waals surface area contributed by atoms with Gasteiger partial charge < -0.3 is 0 Å². The highest BCUT2D eigenvalue weighted by Gasteiger charge is 2.28. The van der Waals surface area contributed by atoms with Crippen LogP contribution < -0.4 is 10.6 Å². The monoisotopic (exact) mass is 255 g/mol. The van der Waals surface area contributed by atoms with Crippen LogP contribution in [0.4, 0.5) is 0 Å². The van der Waals surface area contributed by atoms with Gasteiger partial charge in [-0.1, -0.05) is 6.07 Å². The van der Waals surface area contributed by atoms with E-state index in [4.69, 9.17) is 0 Å². The molecule has 0 aliphatic carbocycles.